The number of carbonyl (C=O) groups excluding carboxylic acids is 1. The van der Waals surface area contributed by atoms with Gasteiger partial charge in [-0.2, -0.15) is 0 Å². The van der Waals surface area contributed by atoms with E-state index in [1.165, 1.54) is 12.1 Å². The van der Waals surface area contributed by atoms with E-state index in [0.29, 0.717) is 32.6 Å². The summed E-state index contributed by atoms with van der Waals surface area (Å²) >= 11 is 0. The molecule has 1 amide bonds. The first kappa shape index (κ1) is 16.4. The maximum atomic E-state index is 12.7. The third kappa shape index (κ3) is 3.08. The summed E-state index contributed by atoms with van der Waals surface area (Å²) in [5.74, 6) is 0.833. The van der Waals surface area contributed by atoms with E-state index in [1.807, 2.05) is 29.2 Å². The number of non-ortho nitro benzene ring substituents is 1. The van der Waals surface area contributed by atoms with Crippen LogP contribution in [0.4, 0.5) is 11.4 Å². The van der Waals surface area contributed by atoms with Crippen molar-refractivity contribution in [3.8, 4) is 5.75 Å². The highest BCUT2D eigenvalue weighted by molar-refractivity contribution is 5.83. The molecule has 2 aromatic carbocycles. The lowest BCUT2D eigenvalue weighted by Gasteiger charge is -2.36. The second kappa shape index (κ2) is 6.67. The molecule has 26 heavy (non-hydrogen) atoms. The first-order valence-electron chi connectivity index (χ1n) is 8.64. The van der Waals surface area contributed by atoms with Crippen LogP contribution in [0.2, 0.25) is 0 Å². The van der Waals surface area contributed by atoms with Crippen LogP contribution in [0.3, 0.4) is 0 Å². The van der Waals surface area contributed by atoms with Gasteiger partial charge < -0.3 is 14.5 Å². The van der Waals surface area contributed by atoms with Gasteiger partial charge >= 0.3 is 0 Å². The van der Waals surface area contributed by atoms with Gasteiger partial charge in [0.1, 0.15) is 5.75 Å². The van der Waals surface area contributed by atoms with Gasteiger partial charge in [-0.1, -0.05) is 18.2 Å². The van der Waals surface area contributed by atoms with E-state index in [2.05, 4.69) is 4.90 Å². The summed E-state index contributed by atoms with van der Waals surface area (Å²) in [6.45, 7) is 2.63. The summed E-state index contributed by atoms with van der Waals surface area (Å²) in [6, 6.07) is 14.3. The number of nitro benzene ring substituents is 1. The Labute approximate surface area is 150 Å². The molecule has 0 radical (unpaired) electrons. The zero-order chi connectivity index (χ0) is 18.1. The summed E-state index contributed by atoms with van der Waals surface area (Å²) in [7, 11) is 0. The van der Waals surface area contributed by atoms with Gasteiger partial charge in [0, 0.05) is 50.4 Å². The Morgan fingerprint density at radius 2 is 1.73 bits per heavy atom. The number of piperazine rings is 1. The van der Waals surface area contributed by atoms with Crippen LogP contribution in [0, 0.1) is 10.1 Å². The molecule has 2 aliphatic rings. The van der Waals surface area contributed by atoms with Crippen molar-refractivity contribution < 1.29 is 14.5 Å². The van der Waals surface area contributed by atoms with Crippen molar-refractivity contribution in [2.75, 3.05) is 31.1 Å². The number of benzene rings is 2. The Balaban J connectivity index is 1.35. The van der Waals surface area contributed by atoms with Crippen molar-refractivity contribution in [2.24, 2.45) is 0 Å². The third-order valence-corrected chi connectivity index (χ3v) is 4.94. The number of hydrogen-bond donors (Lipinski definition) is 0. The topological polar surface area (TPSA) is 75.9 Å². The highest BCUT2D eigenvalue weighted by Gasteiger charge is 2.33. The van der Waals surface area contributed by atoms with Crippen molar-refractivity contribution in [3.63, 3.8) is 0 Å². The molecule has 0 N–H and O–H groups in total. The standard InChI is InChI=1S/C19H19N3O4/c23-19(18-13-14-3-1-2-4-17(14)26-18)21-11-9-20(10-12-21)15-5-7-16(8-6-15)22(24)25/h1-8,18H,9-13H2. The monoisotopic (exact) mass is 353 g/mol. The van der Waals surface area contributed by atoms with E-state index < -0.39 is 11.0 Å². The van der Waals surface area contributed by atoms with Crippen molar-refractivity contribution in [1.29, 1.82) is 0 Å². The van der Waals surface area contributed by atoms with Crippen LogP contribution in [0.25, 0.3) is 0 Å². The molecule has 134 valence electrons. The lowest BCUT2D eigenvalue weighted by molar-refractivity contribution is -0.384. The van der Waals surface area contributed by atoms with Gasteiger partial charge in [-0.05, 0) is 23.8 Å². The van der Waals surface area contributed by atoms with Gasteiger partial charge in [-0.3, -0.25) is 14.9 Å². The number of fused-ring (bicyclic) bond motifs is 1. The Hall–Kier alpha value is -3.09. The van der Waals surface area contributed by atoms with Crippen LogP contribution in [-0.2, 0) is 11.2 Å². The molecule has 2 heterocycles. The molecule has 0 aliphatic carbocycles. The second-order valence-electron chi connectivity index (χ2n) is 6.50. The predicted molar refractivity (Wildman–Crippen MR) is 96.5 cm³/mol. The number of carbonyl (C=O) groups is 1. The number of nitro groups is 1. The molecule has 0 aromatic heterocycles. The molecule has 0 saturated carbocycles. The molecular formula is C19H19N3O4. The Morgan fingerprint density at radius 3 is 2.38 bits per heavy atom. The van der Waals surface area contributed by atoms with Crippen molar-refractivity contribution in [2.45, 2.75) is 12.5 Å². The van der Waals surface area contributed by atoms with Crippen LogP contribution in [0.1, 0.15) is 5.56 Å². The lowest BCUT2D eigenvalue weighted by atomic mass is 10.1. The van der Waals surface area contributed by atoms with E-state index >= 15 is 0 Å². The molecule has 2 aliphatic heterocycles. The molecule has 1 unspecified atom stereocenters. The normalized spacial score (nSPS) is 19.0. The summed E-state index contributed by atoms with van der Waals surface area (Å²) < 4.78 is 5.80. The zero-order valence-electron chi connectivity index (χ0n) is 14.2. The molecular weight excluding hydrogens is 334 g/mol. The van der Waals surface area contributed by atoms with Gasteiger partial charge in [-0.25, -0.2) is 0 Å². The maximum absolute atomic E-state index is 12.7. The smallest absolute Gasteiger partial charge is 0.269 e. The fourth-order valence-electron chi connectivity index (χ4n) is 3.49. The van der Waals surface area contributed by atoms with E-state index in [0.717, 1.165) is 17.0 Å². The Kier molecular flexibility index (Phi) is 4.20. The SMILES string of the molecule is O=C(C1Cc2ccccc2O1)N1CCN(c2ccc([N+](=O)[O-])cc2)CC1. The zero-order valence-corrected chi connectivity index (χ0v) is 14.2. The van der Waals surface area contributed by atoms with E-state index in [9.17, 15) is 14.9 Å². The molecule has 4 rings (SSSR count). The summed E-state index contributed by atoms with van der Waals surface area (Å²) in [5, 5.41) is 10.8. The van der Waals surface area contributed by atoms with Crippen LogP contribution >= 0.6 is 0 Å². The molecule has 1 atom stereocenters. The third-order valence-electron chi connectivity index (χ3n) is 4.94. The van der Waals surface area contributed by atoms with Gasteiger partial charge in [0.25, 0.3) is 11.6 Å². The van der Waals surface area contributed by atoms with Crippen LogP contribution in [-0.4, -0.2) is 48.0 Å². The minimum absolute atomic E-state index is 0.0320. The van der Waals surface area contributed by atoms with Gasteiger partial charge in [0.05, 0.1) is 4.92 Å². The van der Waals surface area contributed by atoms with E-state index in [4.69, 9.17) is 4.74 Å². The van der Waals surface area contributed by atoms with Crippen LogP contribution in [0.15, 0.2) is 48.5 Å². The molecule has 0 bridgehead atoms. The highest BCUT2D eigenvalue weighted by Crippen LogP contribution is 2.29. The molecule has 7 nitrogen and oxygen atoms in total. The summed E-state index contributed by atoms with van der Waals surface area (Å²) in [4.78, 5) is 27.1. The quantitative estimate of drug-likeness (QED) is 0.625. The number of ether oxygens (including phenoxy) is 1. The van der Waals surface area contributed by atoms with E-state index in [-0.39, 0.29) is 11.6 Å². The van der Waals surface area contributed by atoms with Gasteiger partial charge in [-0.15, -0.1) is 0 Å². The minimum atomic E-state index is -0.432. The molecule has 7 heteroatoms. The number of rotatable bonds is 3. The first-order chi connectivity index (χ1) is 12.6. The van der Waals surface area contributed by atoms with Gasteiger partial charge in [0.2, 0.25) is 0 Å². The van der Waals surface area contributed by atoms with Crippen molar-refractivity contribution in [1.82, 2.24) is 4.90 Å². The minimum Gasteiger partial charge on any atom is -0.480 e. The highest BCUT2D eigenvalue weighted by atomic mass is 16.6. The largest absolute Gasteiger partial charge is 0.480 e. The second-order valence-corrected chi connectivity index (χ2v) is 6.50. The Morgan fingerprint density at radius 1 is 1.04 bits per heavy atom. The van der Waals surface area contributed by atoms with Crippen molar-refractivity contribution >= 4 is 17.3 Å². The summed E-state index contributed by atoms with van der Waals surface area (Å²) in [5.41, 5.74) is 2.10. The number of hydrogen-bond acceptors (Lipinski definition) is 5. The molecule has 1 fully saturated rings. The average Bonchev–Trinajstić information content (AvgIpc) is 3.12. The fourth-order valence-corrected chi connectivity index (χ4v) is 3.49. The lowest BCUT2D eigenvalue weighted by Crippen LogP contribution is -2.52. The number of amides is 1. The number of anilines is 1. The predicted octanol–water partition coefficient (Wildman–Crippen LogP) is 2.25. The molecule has 1 saturated heterocycles. The van der Waals surface area contributed by atoms with Gasteiger partial charge in [0.15, 0.2) is 6.10 Å². The first-order valence-corrected chi connectivity index (χ1v) is 8.64. The Bertz CT molecular complexity index is 804. The van der Waals surface area contributed by atoms with E-state index in [1.54, 1.807) is 12.1 Å². The van der Waals surface area contributed by atoms with Crippen LogP contribution < -0.4 is 9.64 Å². The van der Waals surface area contributed by atoms with Crippen LogP contribution in [0.5, 0.6) is 5.75 Å². The average molecular weight is 353 g/mol. The molecule has 0 spiro atoms. The maximum Gasteiger partial charge on any atom is 0.269 e. The number of para-hydroxylation sites is 1. The summed E-state index contributed by atoms with van der Waals surface area (Å²) in [6.07, 6.45) is 0.190. The number of nitrogens with zero attached hydrogens (tertiary/aromatic N) is 3. The molecule has 2 aromatic rings. The van der Waals surface area contributed by atoms with Crippen molar-refractivity contribution in [3.05, 3.63) is 64.2 Å². The fraction of sp³-hybridized carbons (Fsp3) is 0.316.